The normalized spacial score (nSPS) is 25.7. The first kappa shape index (κ1) is 58.7. The number of hydrogen-bond donors (Lipinski definition) is 1. The van der Waals surface area contributed by atoms with Gasteiger partial charge in [-0.1, -0.05) is 118 Å². The number of ether oxygens (including phenoxy) is 6. The molecule has 7 atom stereocenters. The zero-order valence-corrected chi connectivity index (χ0v) is 43.9. The molecule has 2 aliphatic heterocycles. The van der Waals surface area contributed by atoms with Crippen molar-refractivity contribution in [2.24, 2.45) is 35.5 Å². The van der Waals surface area contributed by atoms with Gasteiger partial charge in [0.15, 0.2) is 11.6 Å². The summed E-state index contributed by atoms with van der Waals surface area (Å²) in [6.45, 7) is 19.4. The van der Waals surface area contributed by atoms with Crippen LogP contribution in [0.15, 0.2) is 0 Å². The minimum atomic E-state index is -0.410. The summed E-state index contributed by atoms with van der Waals surface area (Å²) in [6.07, 6.45) is 31.3. The van der Waals surface area contributed by atoms with Gasteiger partial charge in [-0.2, -0.15) is 0 Å². The van der Waals surface area contributed by atoms with Gasteiger partial charge in [0.25, 0.3) is 0 Å². The van der Waals surface area contributed by atoms with Crippen molar-refractivity contribution in [3.8, 4) is 0 Å². The van der Waals surface area contributed by atoms with Crippen molar-refractivity contribution in [2.75, 3.05) is 26.4 Å². The zero-order chi connectivity index (χ0) is 48.2. The van der Waals surface area contributed by atoms with E-state index in [0.29, 0.717) is 74.6 Å². The lowest BCUT2D eigenvalue weighted by atomic mass is 9.81. The largest absolute Gasteiger partial charge is 0.463 e. The molecular weight excluding hydrogens is 833 g/mol. The van der Waals surface area contributed by atoms with Crippen LogP contribution >= 0.6 is 0 Å². The summed E-state index contributed by atoms with van der Waals surface area (Å²) in [5.41, 5.74) is 0. The lowest BCUT2D eigenvalue weighted by Crippen LogP contribution is -2.32. The fraction of sp³-hybridized carbons (Fsp3) is 0.946. The molecule has 10 nitrogen and oxygen atoms in total. The van der Waals surface area contributed by atoms with E-state index in [2.05, 4.69) is 27.7 Å². The maximum Gasteiger partial charge on any atom is 0.306 e. The van der Waals surface area contributed by atoms with Gasteiger partial charge >= 0.3 is 11.9 Å². The van der Waals surface area contributed by atoms with Gasteiger partial charge in [0.05, 0.1) is 44.7 Å². The maximum atomic E-state index is 12.7. The van der Waals surface area contributed by atoms with Crippen molar-refractivity contribution in [3.05, 3.63) is 0 Å². The highest BCUT2D eigenvalue weighted by atomic mass is 16.7. The fourth-order valence-corrected chi connectivity index (χ4v) is 11.7. The molecular formula is C56H102O10. The van der Waals surface area contributed by atoms with E-state index in [1.165, 1.54) is 57.8 Å². The average molecular weight is 935 g/mol. The molecule has 386 valence electrons. The average Bonchev–Trinajstić information content (AvgIpc) is 4.05. The van der Waals surface area contributed by atoms with Crippen molar-refractivity contribution in [3.63, 3.8) is 0 Å². The first-order valence-electron chi connectivity index (χ1n) is 27.9. The quantitative estimate of drug-likeness (QED) is 0.0492. The number of carbonyl (C=O) groups is 3. The molecule has 4 rings (SSSR count). The molecule has 0 aromatic rings. The van der Waals surface area contributed by atoms with E-state index < -0.39 is 5.79 Å². The van der Waals surface area contributed by atoms with Crippen molar-refractivity contribution < 1.29 is 47.9 Å². The first-order chi connectivity index (χ1) is 31.7. The molecule has 10 heteroatoms. The Hall–Kier alpha value is -1.59. The second kappa shape index (κ2) is 33.1. The van der Waals surface area contributed by atoms with Gasteiger partial charge in [-0.3, -0.25) is 14.4 Å². The Labute approximate surface area is 404 Å². The molecule has 4 fully saturated rings. The van der Waals surface area contributed by atoms with E-state index in [4.69, 9.17) is 28.4 Å². The van der Waals surface area contributed by atoms with Crippen molar-refractivity contribution in [1.82, 2.24) is 0 Å². The number of ketones is 1. The summed E-state index contributed by atoms with van der Waals surface area (Å²) >= 11 is 0. The summed E-state index contributed by atoms with van der Waals surface area (Å²) in [5.74, 6) is 2.06. The molecule has 2 saturated carbocycles. The second-order valence-corrected chi connectivity index (χ2v) is 21.6. The highest BCUT2D eigenvalue weighted by Gasteiger charge is 2.44. The van der Waals surface area contributed by atoms with Gasteiger partial charge in [-0.05, 0) is 115 Å². The number of aliphatic hydroxyl groups excluding tert-OH is 1. The predicted molar refractivity (Wildman–Crippen MR) is 265 cm³/mol. The number of esters is 2. The number of rotatable bonds is 34. The van der Waals surface area contributed by atoms with E-state index in [-0.39, 0.29) is 42.0 Å². The van der Waals surface area contributed by atoms with Crippen LogP contribution in [-0.2, 0) is 42.8 Å². The minimum absolute atomic E-state index is 0.0273. The van der Waals surface area contributed by atoms with Gasteiger partial charge in [0.1, 0.15) is 5.78 Å². The first-order valence-corrected chi connectivity index (χ1v) is 27.9. The Morgan fingerprint density at radius 3 is 1.44 bits per heavy atom. The smallest absolute Gasteiger partial charge is 0.306 e. The molecule has 0 spiro atoms. The SMILES string of the molecule is CCCCCCCC1(CC[C@@H]2[C@@H](CCCCCCC(=O)OC(C)C)[C@@H](O)C[C@H]2C)OCCO1.CCCCCCCC1(CC[C@H]2[C@H](C)CC(=O)[C@@H]2CCCCCCC(=O)OC(C)C)OCCO1. The van der Waals surface area contributed by atoms with Crippen molar-refractivity contribution in [2.45, 2.75) is 278 Å². The lowest BCUT2D eigenvalue weighted by Gasteiger charge is -2.31. The second-order valence-electron chi connectivity index (χ2n) is 21.6. The summed E-state index contributed by atoms with van der Waals surface area (Å²) in [6, 6.07) is 0. The van der Waals surface area contributed by atoms with Gasteiger partial charge in [0.2, 0.25) is 0 Å². The Kier molecular flexibility index (Phi) is 29.4. The summed E-state index contributed by atoms with van der Waals surface area (Å²) in [4.78, 5) is 36.0. The molecule has 4 aliphatic rings. The van der Waals surface area contributed by atoms with Crippen LogP contribution in [0.2, 0.25) is 0 Å². The Morgan fingerprint density at radius 1 is 0.545 bits per heavy atom. The van der Waals surface area contributed by atoms with Crippen LogP contribution in [0.25, 0.3) is 0 Å². The molecule has 0 radical (unpaired) electrons. The molecule has 0 aromatic carbocycles. The van der Waals surface area contributed by atoms with Crippen LogP contribution in [0.5, 0.6) is 0 Å². The van der Waals surface area contributed by atoms with Crippen LogP contribution in [0, 0.1) is 35.5 Å². The Balaban J connectivity index is 0.000000350. The third-order valence-corrected chi connectivity index (χ3v) is 15.3. The maximum absolute atomic E-state index is 12.7. The van der Waals surface area contributed by atoms with Crippen LogP contribution in [-0.4, -0.2) is 79.1 Å². The van der Waals surface area contributed by atoms with Gasteiger partial charge in [-0.15, -0.1) is 0 Å². The number of Topliss-reactive ketones (excluding diaryl/α,β-unsaturated/α-hetero) is 1. The van der Waals surface area contributed by atoms with E-state index >= 15 is 0 Å². The Morgan fingerprint density at radius 2 is 0.970 bits per heavy atom. The van der Waals surface area contributed by atoms with E-state index in [0.717, 1.165) is 122 Å². The molecule has 2 heterocycles. The highest BCUT2D eigenvalue weighted by Crippen LogP contribution is 2.46. The number of aliphatic hydroxyl groups is 1. The van der Waals surface area contributed by atoms with Crippen LogP contribution < -0.4 is 0 Å². The fourth-order valence-electron chi connectivity index (χ4n) is 11.7. The van der Waals surface area contributed by atoms with Crippen LogP contribution in [0.1, 0.15) is 248 Å². The lowest BCUT2D eigenvalue weighted by molar-refractivity contribution is -0.171. The van der Waals surface area contributed by atoms with Crippen molar-refractivity contribution >= 4 is 17.7 Å². The molecule has 0 bridgehead atoms. The minimum Gasteiger partial charge on any atom is -0.463 e. The third kappa shape index (κ3) is 22.4. The molecule has 0 aromatic heterocycles. The molecule has 0 amide bonds. The molecule has 0 unspecified atom stereocenters. The van der Waals surface area contributed by atoms with E-state index in [9.17, 15) is 19.5 Å². The Bertz CT molecular complexity index is 1290. The van der Waals surface area contributed by atoms with Crippen LogP contribution in [0.4, 0.5) is 0 Å². The van der Waals surface area contributed by atoms with E-state index in [1.54, 1.807) is 0 Å². The van der Waals surface area contributed by atoms with Gasteiger partial charge in [-0.25, -0.2) is 0 Å². The van der Waals surface area contributed by atoms with E-state index in [1.807, 2.05) is 27.7 Å². The number of unbranched alkanes of at least 4 members (excludes halogenated alkanes) is 14. The highest BCUT2D eigenvalue weighted by molar-refractivity contribution is 5.83. The standard InChI is InChI=1S/C28H52O5.C28H50O5/c2*1-5-6-7-10-13-17-28(31-19-20-32-28)18-16-24-23(4)21-26(29)25(24)14-11-8-9-12-15-27(30)33-22(2)3/h22-26,29H,5-21H2,1-4H3;22-25H,5-21H2,1-4H3/t23-,24+,25-,26+;23-,24+,25-/m11/s1. The summed E-state index contributed by atoms with van der Waals surface area (Å²) < 4.78 is 35.0. The molecule has 2 saturated heterocycles. The van der Waals surface area contributed by atoms with Crippen LogP contribution in [0.3, 0.4) is 0 Å². The molecule has 2 aliphatic carbocycles. The summed E-state index contributed by atoms with van der Waals surface area (Å²) in [5, 5.41) is 10.7. The molecule has 66 heavy (non-hydrogen) atoms. The third-order valence-electron chi connectivity index (χ3n) is 15.3. The van der Waals surface area contributed by atoms with Gasteiger partial charge < -0.3 is 33.5 Å². The molecule has 1 N–H and O–H groups in total. The monoisotopic (exact) mass is 935 g/mol. The van der Waals surface area contributed by atoms with Crippen molar-refractivity contribution in [1.29, 1.82) is 0 Å². The number of carbonyl (C=O) groups excluding carboxylic acids is 3. The predicted octanol–water partition coefficient (Wildman–Crippen LogP) is 13.8. The zero-order valence-electron chi connectivity index (χ0n) is 43.9. The topological polar surface area (TPSA) is 127 Å². The van der Waals surface area contributed by atoms with Gasteiger partial charge in [0, 0.05) is 50.9 Å². The number of hydrogen-bond acceptors (Lipinski definition) is 10. The summed E-state index contributed by atoms with van der Waals surface area (Å²) in [7, 11) is 0.